The van der Waals surface area contributed by atoms with Crippen LogP contribution in [-0.2, 0) is 17.9 Å². The first-order valence-electron chi connectivity index (χ1n) is 9.89. The molecule has 152 valence electrons. The summed E-state index contributed by atoms with van der Waals surface area (Å²) in [5.41, 5.74) is 0.991. The topological polar surface area (TPSA) is 87.2 Å². The number of aromatic nitrogens is 2. The number of amides is 1. The number of carbonyl (C=O) groups is 1. The maximum Gasteiger partial charge on any atom is 0.331 e. The minimum atomic E-state index is -0.566. The molecule has 0 saturated heterocycles. The van der Waals surface area contributed by atoms with Gasteiger partial charge in [-0.2, -0.15) is 0 Å². The fourth-order valence-corrected chi connectivity index (χ4v) is 3.03. The molecule has 7 heteroatoms. The van der Waals surface area contributed by atoms with Crippen molar-refractivity contribution >= 4 is 17.9 Å². The number of hydrogen-bond acceptors (Lipinski definition) is 4. The molecule has 0 unspecified atom stereocenters. The van der Waals surface area contributed by atoms with Gasteiger partial charge in [0.15, 0.2) is 0 Å². The summed E-state index contributed by atoms with van der Waals surface area (Å²) in [6.07, 6.45) is 9.30. The van der Waals surface area contributed by atoms with E-state index in [1.54, 1.807) is 7.05 Å². The van der Waals surface area contributed by atoms with Crippen LogP contribution in [0, 0.1) is 0 Å². The number of nitrogens with one attached hydrogen (secondary N) is 2. The lowest BCUT2D eigenvalue weighted by molar-refractivity contribution is -0.118. The molecule has 0 saturated carbocycles. The Morgan fingerprint density at radius 2 is 1.75 bits per heavy atom. The van der Waals surface area contributed by atoms with Gasteiger partial charge in [-0.05, 0) is 30.5 Å². The number of anilines is 2. The number of nitrogens with zero attached hydrogens (tertiary/aromatic N) is 2. The molecular formula is C21H30N4O3. The van der Waals surface area contributed by atoms with E-state index >= 15 is 0 Å². The second-order valence-electron chi connectivity index (χ2n) is 7.10. The van der Waals surface area contributed by atoms with Crippen LogP contribution in [0.25, 0.3) is 0 Å². The third-order valence-corrected chi connectivity index (χ3v) is 4.62. The molecule has 0 fully saturated rings. The van der Waals surface area contributed by atoms with Crippen LogP contribution >= 0.6 is 0 Å². The van der Waals surface area contributed by atoms with E-state index in [4.69, 9.17) is 0 Å². The van der Waals surface area contributed by atoms with Crippen molar-refractivity contribution in [3.8, 4) is 0 Å². The van der Waals surface area contributed by atoms with Crippen LogP contribution in [0.2, 0.25) is 0 Å². The molecule has 1 aromatic heterocycles. The van der Waals surface area contributed by atoms with Gasteiger partial charge in [0.2, 0.25) is 6.41 Å². The molecule has 7 nitrogen and oxygen atoms in total. The molecule has 2 N–H and O–H groups in total. The molecule has 2 aromatic rings. The first-order valence-corrected chi connectivity index (χ1v) is 9.89. The SMILES string of the molecule is CCCCCCCCc1ccc(Nc2cc(=O)[nH]c(=O)n2CN(C)C=O)cc1. The zero-order valence-electron chi connectivity index (χ0n) is 16.7. The first-order chi connectivity index (χ1) is 13.5. The Bertz CT molecular complexity index is 855. The molecule has 1 heterocycles. The van der Waals surface area contributed by atoms with Gasteiger partial charge in [0.05, 0.1) is 0 Å². The first kappa shape index (κ1) is 21.5. The van der Waals surface area contributed by atoms with Gasteiger partial charge in [0, 0.05) is 18.8 Å². The summed E-state index contributed by atoms with van der Waals surface area (Å²) < 4.78 is 1.31. The Morgan fingerprint density at radius 3 is 2.43 bits per heavy atom. The number of aryl methyl sites for hydroxylation is 1. The maximum absolute atomic E-state index is 12.1. The highest BCUT2D eigenvalue weighted by Crippen LogP contribution is 2.17. The smallest absolute Gasteiger partial charge is 0.331 e. The number of hydrogen-bond donors (Lipinski definition) is 2. The summed E-state index contributed by atoms with van der Waals surface area (Å²) in [7, 11) is 1.56. The molecular weight excluding hydrogens is 356 g/mol. The van der Waals surface area contributed by atoms with Gasteiger partial charge in [-0.3, -0.25) is 19.1 Å². The van der Waals surface area contributed by atoms with Gasteiger partial charge in [-0.1, -0.05) is 51.2 Å². The van der Waals surface area contributed by atoms with Crippen LogP contribution in [0.15, 0.2) is 39.9 Å². The van der Waals surface area contributed by atoms with E-state index in [0.29, 0.717) is 12.2 Å². The highest BCUT2D eigenvalue weighted by molar-refractivity contribution is 5.56. The van der Waals surface area contributed by atoms with Crippen molar-refractivity contribution in [2.75, 3.05) is 12.4 Å². The van der Waals surface area contributed by atoms with E-state index in [2.05, 4.69) is 29.4 Å². The number of carbonyl (C=O) groups excluding carboxylic acids is 1. The van der Waals surface area contributed by atoms with Crippen LogP contribution in [0.3, 0.4) is 0 Å². The summed E-state index contributed by atoms with van der Waals surface area (Å²) in [5, 5.41) is 3.10. The van der Waals surface area contributed by atoms with Gasteiger partial charge >= 0.3 is 5.69 Å². The fraction of sp³-hybridized carbons (Fsp3) is 0.476. The Hall–Kier alpha value is -2.83. The van der Waals surface area contributed by atoms with Crippen molar-refractivity contribution in [1.29, 1.82) is 0 Å². The van der Waals surface area contributed by atoms with Crippen molar-refractivity contribution in [1.82, 2.24) is 14.5 Å². The Kier molecular flexibility index (Phi) is 8.52. The normalized spacial score (nSPS) is 10.6. The summed E-state index contributed by atoms with van der Waals surface area (Å²) in [6.45, 7) is 2.26. The van der Waals surface area contributed by atoms with Crippen LogP contribution in [0.4, 0.5) is 11.5 Å². The molecule has 0 aliphatic rings. The van der Waals surface area contributed by atoms with E-state index < -0.39 is 11.2 Å². The van der Waals surface area contributed by atoms with Crippen molar-refractivity contribution in [3.63, 3.8) is 0 Å². The maximum atomic E-state index is 12.1. The van der Waals surface area contributed by atoms with E-state index in [-0.39, 0.29) is 6.67 Å². The molecule has 0 aliphatic carbocycles. The summed E-state index contributed by atoms with van der Waals surface area (Å²) >= 11 is 0. The van der Waals surface area contributed by atoms with E-state index in [0.717, 1.165) is 12.1 Å². The van der Waals surface area contributed by atoms with Gasteiger partial charge in [-0.15, -0.1) is 0 Å². The van der Waals surface area contributed by atoms with Gasteiger partial charge in [0.1, 0.15) is 12.5 Å². The molecule has 28 heavy (non-hydrogen) atoms. The van der Waals surface area contributed by atoms with Crippen LogP contribution in [0.5, 0.6) is 0 Å². The summed E-state index contributed by atoms with van der Waals surface area (Å²) in [4.78, 5) is 38.2. The molecule has 0 radical (unpaired) electrons. The summed E-state index contributed by atoms with van der Waals surface area (Å²) in [6, 6.07) is 9.30. The second-order valence-corrected chi connectivity index (χ2v) is 7.10. The highest BCUT2D eigenvalue weighted by Gasteiger charge is 2.08. The predicted octanol–water partition coefficient (Wildman–Crippen LogP) is 3.23. The monoisotopic (exact) mass is 386 g/mol. The number of benzene rings is 1. The second kappa shape index (κ2) is 11.1. The lowest BCUT2D eigenvalue weighted by atomic mass is 10.0. The molecule has 0 bridgehead atoms. The highest BCUT2D eigenvalue weighted by atomic mass is 16.2. The molecule has 2 rings (SSSR count). The van der Waals surface area contributed by atoms with Crippen LogP contribution in [-0.4, -0.2) is 27.9 Å². The molecule has 0 atom stereocenters. The predicted molar refractivity (Wildman–Crippen MR) is 112 cm³/mol. The number of H-pyrrole nitrogens is 1. The van der Waals surface area contributed by atoms with Gasteiger partial charge in [0.25, 0.3) is 5.56 Å². The minimum Gasteiger partial charge on any atom is -0.341 e. The largest absolute Gasteiger partial charge is 0.341 e. The standard InChI is InChI=1S/C21H30N4O3/c1-3-4-5-6-7-8-9-17-10-12-18(13-11-17)22-19-14-20(27)23-21(28)25(19)15-24(2)16-26/h10-14,16,22H,3-9,15H2,1-2H3,(H,23,27,28). The van der Waals surface area contributed by atoms with E-state index in [1.807, 2.05) is 12.1 Å². The van der Waals surface area contributed by atoms with E-state index in [1.165, 1.54) is 59.6 Å². The van der Waals surface area contributed by atoms with Crippen molar-refractivity contribution < 1.29 is 4.79 Å². The number of aromatic amines is 1. The zero-order chi connectivity index (χ0) is 20.4. The lowest BCUT2D eigenvalue weighted by Crippen LogP contribution is -2.35. The third-order valence-electron chi connectivity index (χ3n) is 4.62. The Labute approximate surface area is 165 Å². The average Bonchev–Trinajstić information content (AvgIpc) is 2.68. The van der Waals surface area contributed by atoms with Crippen molar-refractivity contribution in [2.24, 2.45) is 0 Å². The number of unbranched alkanes of at least 4 members (excludes halogenated alkanes) is 5. The van der Waals surface area contributed by atoms with Crippen molar-refractivity contribution in [3.05, 3.63) is 56.7 Å². The van der Waals surface area contributed by atoms with Crippen molar-refractivity contribution in [2.45, 2.75) is 58.5 Å². The quantitative estimate of drug-likeness (QED) is 0.433. The fourth-order valence-electron chi connectivity index (χ4n) is 3.03. The summed E-state index contributed by atoms with van der Waals surface area (Å²) in [5.74, 6) is 0.339. The number of rotatable bonds is 12. The Morgan fingerprint density at radius 1 is 1.07 bits per heavy atom. The van der Waals surface area contributed by atoms with Crippen LogP contribution < -0.4 is 16.6 Å². The Balaban J connectivity index is 2.01. The van der Waals surface area contributed by atoms with Gasteiger partial charge < -0.3 is 10.2 Å². The molecule has 0 aliphatic heterocycles. The molecule has 1 amide bonds. The molecule has 1 aromatic carbocycles. The van der Waals surface area contributed by atoms with E-state index in [9.17, 15) is 14.4 Å². The lowest BCUT2D eigenvalue weighted by Gasteiger charge is -2.17. The third kappa shape index (κ3) is 6.72. The van der Waals surface area contributed by atoms with Gasteiger partial charge in [-0.25, -0.2) is 4.79 Å². The van der Waals surface area contributed by atoms with Crippen LogP contribution in [0.1, 0.15) is 51.0 Å². The zero-order valence-corrected chi connectivity index (χ0v) is 16.7. The molecule has 0 spiro atoms. The minimum absolute atomic E-state index is 0.0392. The average molecular weight is 386 g/mol.